The maximum Gasteiger partial charge on any atom is 0.133 e. The molecule has 2 aromatic rings. The van der Waals surface area contributed by atoms with Gasteiger partial charge in [-0.2, -0.15) is 0 Å². The second-order valence-electron chi connectivity index (χ2n) is 9.78. The Hall–Kier alpha value is -2.43. The summed E-state index contributed by atoms with van der Waals surface area (Å²) in [4.78, 5) is 22.7. The molecular weight excluding hydrogens is 518 g/mol. The number of anilines is 1. The number of piperazine rings is 1. The Kier molecular flexibility index (Phi) is 11.2. The van der Waals surface area contributed by atoms with Crippen molar-refractivity contribution in [3.05, 3.63) is 50.9 Å². The van der Waals surface area contributed by atoms with E-state index in [2.05, 4.69) is 36.0 Å². The SMILES string of the molecule is CN1CCN(CCCC=O)CC1.CNCC1N=C(c2ccc(Cl)cc2)c2c(sc(C)c2C)N(C(C)=N)C1=N. The number of hydrogen-bond donors (Lipinski definition) is 3. The van der Waals surface area contributed by atoms with Crippen LogP contribution in [0, 0.1) is 24.7 Å². The second-order valence-corrected chi connectivity index (χ2v) is 11.4. The summed E-state index contributed by atoms with van der Waals surface area (Å²) in [6.07, 6.45) is 2.75. The lowest BCUT2D eigenvalue weighted by Gasteiger charge is -2.32. The number of aldehydes is 1. The summed E-state index contributed by atoms with van der Waals surface area (Å²) in [5.74, 6) is 0.643. The summed E-state index contributed by atoms with van der Waals surface area (Å²) in [6, 6.07) is 7.27. The Labute approximate surface area is 235 Å². The normalized spacial score (nSPS) is 18.3. The number of likely N-dealkylation sites (N-methyl/N-ethyl adjacent to an activating group) is 2. The molecule has 8 nitrogen and oxygen atoms in total. The van der Waals surface area contributed by atoms with Crippen LogP contribution < -0.4 is 10.2 Å². The van der Waals surface area contributed by atoms with Gasteiger partial charge in [0.2, 0.25) is 0 Å². The van der Waals surface area contributed by atoms with Gasteiger partial charge in [0.1, 0.15) is 29.0 Å². The number of carbonyl (C=O) groups excluding carboxylic acids is 1. The standard InChI is InChI=1S/C19H22ClN5S.C9H18N2O/c1-10-11(2)26-19-16(10)17(13-5-7-14(20)8-6-13)24-15(9-23-4)18(22)25(19)12(3)21;1-10-5-7-11(8-6-10)4-2-3-9-12/h5-8,15,21-23H,9H2,1-4H3;9H,2-8H2,1H3. The Morgan fingerprint density at radius 1 is 1.21 bits per heavy atom. The number of nitrogens with one attached hydrogen (secondary N) is 3. The quantitative estimate of drug-likeness (QED) is 0.202. The highest BCUT2D eigenvalue weighted by molar-refractivity contribution is 7.17. The average molecular weight is 558 g/mol. The van der Waals surface area contributed by atoms with Crippen LogP contribution in [0.4, 0.5) is 5.00 Å². The minimum atomic E-state index is -0.370. The van der Waals surface area contributed by atoms with Crippen LogP contribution in [0.15, 0.2) is 29.3 Å². The van der Waals surface area contributed by atoms with Gasteiger partial charge in [-0.3, -0.25) is 20.7 Å². The van der Waals surface area contributed by atoms with E-state index in [1.807, 2.05) is 31.3 Å². The Balaban J connectivity index is 0.000000279. The van der Waals surface area contributed by atoms with Crippen LogP contribution in [0.5, 0.6) is 0 Å². The van der Waals surface area contributed by atoms with E-state index >= 15 is 0 Å². The predicted octanol–water partition coefficient (Wildman–Crippen LogP) is 4.45. The van der Waals surface area contributed by atoms with E-state index in [-0.39, 0.29) is 6.04 Å². The molecule has 1 atom stereocenters. The van der Waals surface area contributed by atoms with E-state index in [0.717, 1.165) is 59.7 Å². The van der Waals surface area contributed by atoms with Gasteiger partial charge in [0.15, 0.2) is 0 Å². The summed E-state index contributed by atoms with van der Waals surface area (Å²) in [6.45, 7) is 12.1. The molecular formula is C28H40ClN7OS. The average Bonchev–Trinajstić information content (AvgIpc) is 3.10. The van der Waals surface area contributed by atoms with Gasteiger partial charge in [-0.25, -0.2) is 0 Å². The monoisotopic (exact) mass is 557 g/mol. The molecule has 0 bridgehead atoms. The molecule has 206 valence electrons. The van der Waals surface area contributed by atoms with Crippen LogP contribution in [-0.2, 0) is 4.79 Å². The van der Waals surface area contributed by atoms with Crippen molar-refractivity contribution in [2.45, 2.75) is 39.7 Å². The van der Waals surface area contributed by atoms with Gasteiger partial charge in [0.05, 0.1) is 5.71 Å². The molecule has 10 heteroatoms. The number of amidine groups is 2. The molecule has 0 amide bonds. The third-order valence-corrected chi connectivity index (χ3v) is 8.34. The van der Waals surface area contributed by atoms with Crippen LogP contribution in [0.1, 0.15) is 41.3 Å². The van der Waals surface area contributed by atoms with Crippen LogP contribution in [0.2, 0.25) is 5.02 Å². The summed E-state index contributed by atoms with van der Waals surface area (Å²) in [5, 5.41) is 21.6. The van der Waals surface area contributed by atoms with Crippen molar-refractivity contribution in [3.8, 4) is 0 Å². The number of benzene rings is 1. The molecule has 1 aromatic heterocycles. The Bertz CT molecular complexity index is 1150. The van der Waals surface area contributed by atoms with E-state index in [1.165, 1.54) is 18.0 Å². The molecule has 38 heavy (non-hydrogen) atoms. The predicted molar refractivity (Wildman–Crippen MR) is 161 cm³/mol. The molecule has 0 radical (unpaired) electrons. The zero-order valence-corrected chi connectivity index (χ0v) is 24.7. The van der Waals surface area contributed by atoms with Crippen molar-refractivity contribution in [2.24, 2.45) is 4.99 Å². The molecule has 0 spiro atoms. The summed E-state index contributed by atoms with van der Waals surface area (Å²) in [7, 11) is 4.01. The third kappa shape index (κ3) is 7.36. The number of thiophene rings is 1. The molecule has 1 fully saturated rings. The fourth-order valence-corrected chi connectivity index (χ4v) is 5.90. The molecule has 2 aliphatic heterocycles. The Morgan fingerprint density at radius 3 is 2.45 bits per heavy atom. The molecule has 1 aromatic carbocycles. The Morgan fingerprint density at radius 2 is 1.87 bits per heavy atom. The van der Waals surface area contributed by atoms with Crippen molar-refractivity contribution in [3.63, 3.8) is 0 Å². The van der Waals surface area contributed by atoms with Crippen LogP contribution in [-0.4, -0.2) is 92.9 Å². The lowest BCUT2D eigenvalue weighted by atomic mass is 10.00. The molecule has 3 N–H and O–H groups in total. The van der Waals surface area contributed by atoms with Crippen molar-refractivity contribution < 1.29 is 4.79 Å². The van der Waals surface area contributed by atoms with E-state index < -0.39 is 0 Å². The number of unbranched alkanes of at least 4 members (excludes halogenated alkanes) is 1. The van der Waals surface area contributed by atoms with Crippen LogP contribution in [0.3, 0.4) is 0 Å². The number of carbonyl (C=O) groups is 1. The van der Waals surface area contributed by atoms with E-state index in [1.54, 1.807) is 23.2 Å². The minimum Gasteiger partial charge on any atom is -0.317 e. The van der Waals surface area contributed by atoms with Crippen molar-refractivity contribution in [1.29, 1.82) is 10.8 Å². The first-order valence-electron chi connectivity index (χ1n) is 13.0. The minimum absolute atomic E-state index is 0.318. The summed E-state index contributed by atoms with van der Waals surface area (Å²) in [5.41, 5.74) is 3.97. The van der Waals surface area contributed by atoms with E-state index in [9.17, 15) is 4.79 Å². The van der Waals surface area contributed by atoms with Crippen molar-refractivity contribution in [1.82, 2.24) is 15.1 Å². The zero-order chi connectivity index (χ0) is 27.8. The van der Waals surface area contributed by atoms with Gasteiger partial charge < -0.3 is 19.9 Å². The third-order valence-electron chi connectivity index (χ3n) is 6.89. The number of aryl methyl sites for hydroxylation is 1. The fourth-order valence-electron chi connectivity index (χ4n) is 4.55. The first-order chi connectivity index (χ1) is 18.2. The van der Waals surface area contributed by atoms with E-state index in [0.29, 0.717) is 29.7 Å². The molecule has 0 aliphatic carbocycles. The number of hydrogen-bond acceptors (Lipinski definition) is 8. The highest BCUT2D eigenvalue weighted by Crippen LogP contribution is 2.39. The van der Waals surface area contributed by atoms with E-state index in [4.69, 9.17) is 27.4 Å². The maximum absolute atomic E-state index is 10.1. The highest BCUT2D eigenvalue weighted by atomic mass is 35.5. The molecule has 4 rings (SSSR count). The zero-order valence-electron chi connectivity index (χ0n) is 23.1. The first kappa shape index (κ1) is 30.1. The molecule has 0 saturated carbocycles. The number of rotatable bonds is 7. The summed E-state index contributed by atoms with van der Waals surface area (Å²) >= 11 is 7.68. The lowest BCUT2D eigenvalue weighted by molar-refractivity contribution is -0.108. The smallest absolute Gasteiger partial charge is 0.133 e. The number of fused-ring (bicyclic) bond motifs is 1. The number of halogens is 1. The van der Waals surface area contributed by atoms with Crippen molar-refractivity contribution in [2.75, 3.05) is 58.3 Å². The van der Waals surface area contributed by atoms with Gasteiger partial charge in [-0.05, 0) is 65.5 Å². The number of nitrogens with zero attached hydrogens (tertiary/aromatic N) is 4. The van der Waals surface area contributed by atoms with Gasteiger partial charge in [0, 0.05) is 60.2 Å². The van der Waals surface area contributed by atoms with Gasteiger partial charge >= 0.3 is 0 Å². The fraction of sp³-hybridized carbons (Fsp3) is 0.500. The molecule has 3 heterocycles. The largest absolute Gasteiger partial charge is 0.317 e. The lowest BCUT2D eigenvalue weighted by Crippen LogP contribution is -2.44. The topological polar surface area (TPSA) is 98.9 Å². The molecule has 2 aliphatic rings. The first-order valence-corrected chi connectivity index (χ1v) is 14.2. The van der Waals surface area contributed by atoms with Gasteiger partial charge in [-0.15, -0.1) is 11.3 Å². The molecule has 1 unspecified atom stereocenters. The van der Waals surface area contributed by atoms with Gasteiger partial charge in [0.25, 0.3) is 0 Å². The highest BCUT2D eigenvalue weighted by Gasteiger charge is 2.33. The van der Waals surface area contributed by atoms with Gasteiger partial charge in [-0.1, -0.05) is 23.7 Å². The van der Waals surface area contributed by atoms with Crippen LogP contribution in [0.25, 0.3) is 0 Å². The maximum atomic E-state index is 10.1. The summed E-state index contributed by atoms with van der Waals surface area (Å²) < 4.78 is 0. The number of aliphatic imine (C=N–C) groups is 1. The van der Waals surface area contributed by atoms with Crippen LogP contribution >= 0.6 is 22.9 Å². The second kappa shape index (κ2) is 14.1. The van der Waals surface area contributed by atoms with Crippen molar-refractivity contribution >= 4 is 51.6 Å². The molecule has 1 saturated heterocycles.